The van der Waals surface area contributed by atoms with Crippen molar-refractivity contribution in [2.75, 3.05) is 0 Å². The molecule has 0 radical (unpaired) electrons. The number of ketones is 1. The van der Waals surface area contributed by atoms with E-state index >= 15 is 0 Å². The minimum absolute atomic E-state index is 0.128. The third-order valence-electron chi connectivity index (χ3n) is 9.43. The van der Waals surface area contributed by atoms with E-state index < -0.39 is 0 Å². The summed E-state index contributed by atoms with van der Waals surface area (Å²) in [5.41, 5.74) is 2.58. The van der Waals surface area contributed by atoms with E-state index in [1.54, 1.807) is 0 Å². The predicted octanol–water partition coefficient (Wildman–Crippen LogP) is 7.34. The lowest BCUT2D eigenvalue weighted by Gasteiger charge is -2.59. The highest BCUT2D eigenvalue weighted by Gasteiger charge is 2.60. The number of halogens is 1. The standard InChI is InChI=1S/C26H33ClO/c1-25-13-4-3-5-19(25)8-11-21-22(25)12-14-26(2)23(21)16-18(24(26)28)15-17-6-9-20(27)10-7-17/h6-7,9-10,15,19,21-23H,3-5,8,11-14,16H2,1-2H3/b18-15+/t19-,21-,22+,23-,25-,26-/m0/s1. The fourth-order valence-corrected chi connectivity index (χ4v) is 7.98. The van der Waals surface area contributed by atoms with Crippen molar-refractivity contribution in [2.24, 2.45) is 34.5 Å². The molecule has 2 heteroatoms. The van der Waals surface area contributed by atoms with Crippen molar-refractivity contribution >= 4 is 23.5 Å². The molecule has 0 unspecified atom stereocenters. The number of carbonyl (C=O) groups is 1. The summed E-state index contributed by atoms with van der Waals surface area (Å²) in [5, 5.41) is 0.751. The highest BCUT2D eigenvalue weighted by atomic mass is 35.5. The highest BCUT2D eigenvalue weighted by Crippen LogP contribution is 2.66. The molecule has 4 aliphatic carbocycles. The van der Waals surface area contributed by atoms with Gasteiger partial charge in [0.1, 0.15) is 0 Å². The first-order chi connectivity index (χ1) is 13.4. The van der Waals surface area contributed by atoms with Crippen LogP contribution in [0.5, 0.6) is 0 Å². The average Bonchev–Trinajstić information content (AvgIpc) is 2.94. The van der Waals surface area contributed by atoms with E-state index in [1.807, 2.05) is 24.3 Å². The molecule has 0 spiro atoms. The van der Waals surface area contributed by atoms with Crippen LogP contribution in [0, 0.1) is 34.5 Å². The van der Waals surface area contributed by atoms with Gasteiger partial charge in [0.25, 0.3) is 0 Å². The van der Waals surface area contributed by atoms with Crippen molar-refractivity contribution in [1.82, 2.24) is 0 Å². The largest absolute Gasteiger partial charge is 0.294 e. The molecule has 4 saturated carbocycles. The van der Waals surface area contributed by atoms with E-state index in [9.17, 15) is 4.79 Å². The SMILES string of the molecule is C[C@]12CCCC[C@H]1CC[C@H]1[C@H]2CC[C@]2(C)C(=O)/C(=C/c3ccc(Cl)cc3)C[C@@H]12. The Balaban J connectivity index is 1.45. The van der Waals surface area contributed by atoms with E-state index in [-0.39, 0.29) is 5.41 Å². The topological polar surface area (TPSA) is 17.1 Å². The molecule has 0 N–H and O–H groups in total. The van der Waals surface area contributed by atoms with Crippen LogP contribution in [0.15, 0.2) is 29.8 Å². The molecule has 1 nitrogen and oxygen atoms in total. The number of carbonyl (C=O) groups excluding carboxylic acids is 1. The molecule has 0 heterocycles. The van der Waals surface area contributed by atoms with Crippen molar-refractivity contribution in [3.8, 4) is 0 Å². The maximum Gasteiger partial charge on any atom is 0.165 e. The van der Waals surface area contributed by atoms with Crippen LogP contribution < -0.4 is 0 Å². The van der Waals surface area contributed by atoms with Gasteiger partial charge in [-0.25, -0.2) is 0 Å². The van der Waals surface area contributed by atoms with Gasteiger partial charge in [0.15, 0.2) is 5.78 Å². The van der Waals surface area contributed by atoms with Gasteiger partial charge in [0.2, 0.25) is 0 Å². The molecule has 6 atom stereocenters. The normalized spacial score (nSPS) is 44.1. The first kappa shape index (κ1) is 18.9. The molecule has 0 saturated heterocycles. The number of allylic oxidation sites excluding steroid dienone is 1. The molecule has 28 heavy (non-hydrogen) atoms. The second-order valence-corrected chi connectivity index (χ2v) is 11.0. The van der Waals surface area contributed by atoms with Crippen molar-refractivity contribution in [1.29, 1.82) is 0 Å². The Bertz CT molecular complexity index is 808. The maximum absolute atomic E-state index is 13.5. The summed E-state index contributed by atoms with van der Waals surface area (Å²) in [6.45, 7) is 4.89. The Morgan fingerprint density at radius 2 is 1.75 bits per heavy atom. The third-order valence-corrected chi connectivity index (χ3v) is 9.69. The highest BCUT2D eigenvalue weighted by molar-refractivity contribution is 6.30. The fraction of sp³-hybridized carbons (Fsp3) is 0.654. The molecule has 4 fully saturated rings. The van der Waals surface area contributed by atoms with Crippen LogP contribution in [0.25, 0.3) is 6.08 Å². The zero-order valence-corrected chi connectivity index (χ0v) is 18.1. The van der Waals surface area contributed by atoms with Gasteiger partial charge in [-0.3, -0.25) is 4.79 Å². The Morgan fingerprint density at radius 1 is 0.964 bits per heavy atom. The van der Waals surface area contributed by atoms with Crippen LogP contribution in [-0.2, 0) is 4.79 Å². The summed E-state index contributed by atoms with van der Waals surface area (Å²) >= 11 is 6.04. The Kier molecular flexibility index (Phi) is 4.54. The maximum atomic E-state index is 13.5. The minimum Gasteiger partial charge on any atom is -0.294 e. The Labute approximate surface area is 174 Å². The summed E-state index contributed by atoms with van der Waals surface area (Å²) in [7, 11) is 0. The molecule has 0 aromatic heterocycles. The molecule has 1 aromatic rings. The molecule has 5 rings (SSSR count). The van der Waals surface area contributed by atoms with Crippen LogP contribution in [0.4, 0.5) is 0 Å². The predicted molar refractivity (Wildman–Crippen MR) is 116 cm³/mol. The summed E-state index contributed by atoms with van der Waals surface area (Å²) in [6, 6.07) is 7.90. The molecular formula is C26H33ClO. The lowest BCUT2D eigenvalue weighted by Crippen LogP contribution is -2.52. The van der Waals surface area contributed by atoms with E-state index in [0.29, 0.717) is 17.1 Å². The Hall–Kier alpha value is -1.08. The molecule has 4 aliphatic rings. The molecule has 0 amide bonds. The second-order valence-electron chi connectivity index (χ2n) is 10.6. The first-order valence-electron chi connectivity index (χ1n) is 11.4. The van der Waals surface area contributed by atoms with Crippen molar-refractivity contribution in [2.45, 2.75) is 71.6 Å². The smallest absolute Gasteiger partial charge is 0.165 e. The van der Waals surface area contributed by atoms with Gasteiger partial charge < -0.3 is 0 Å². The zero-order valence-electron chi connectivity index (χ0n) is 17.3. The van der Waals surface area contributed by atoms with Gasteiger partial charge in [0.05, 0.1) is 0 Å². The van der Waals surface area contributed by atoms with Crippen LogP contribution in [-0.4, -0.2) is 5.78 Å². The second kappa shape index (κ2) is 6.73. The number of hydrogen-bond donors (Lipinski definition) is 0. The number of hydrogen-bond acceptors (Lipinski definition) is 1. The van der Waals surface area contributed by atoms with Crippen molar-refractivity contribution in [3.63, 3.8) is 0 Å². The number of rotatable bonds is 1. The molecule has 1 aromatic carbocycles. The molecule has 0 aliphatic heterocycles. The van der Waals surface area contributed by atoms with Gasteiger partial charge in [0, 0.05) is 10.4 Å². The van der Waals surface area contributed by atoms with Crippen LogP contribution in [0.1, 0.15) is 77.2 Å². The average molecular weight is 397 g/mol. The quantitative estimate of drug-likeness (QED) is 0.454. The van der Waals surface area contributed by atoms with Gasteiger partial charge >= 0.3 is 0 Å². The van der Waals surface area contributed by atoms with Crippen molar-refractivity contribution in [3.05, 3.63) is 40.4 Å². The Morgan fingerprint density at radius 3 is 2.54 bits per heavy atom. The number of Topliss-reactive ketones (excluding diaryl/α,β-unsaturated/α-hetero) is 1. The fourth-order valence-electron chi connectivity index (χ4n) is 7.85. The summed E-state index contributed by atoms with van der Waals surface area (Å²) in [5.74, 6) is 3.51. The summed E-state index contributed by atoms with van der Waals surface area (Å²) < 4.78 is 0. The van der Waals surface area contributed by atoms with Crippen LogP contribution in [0.3, 0.4) is 0 Å². The van der Waals surface area contributed by atoms with Gasteiger partial charge in [-0.15, -0.1) is 0 Å². The first-order valence-corrected chi connectivity index (χ1v) is 11.8. The van der Waals surface area contributed by atoms with E-state index in [4.69, 9.17) is 11.6 Å². The molecule has 0 bridgehead atoms. The van der Waals surface area contributed by atoms with E-state index in [2.05, 4.69) is 19.9 Å². The minimum atomic E-state index is -0.128. The molecular weight excluding hydrogens is 364 g/mol. The lowest BCUT2D eigenvalue weighted by atomic mass is 9.45. The summed E-state index contributed by atoms with van der Waals surface area (Å²) in [6.07, 6.45) is 14.0. The van der Waals surface area contributed by atoms with E-state index in [1.165, 1.54) is 44.9 Å². The zero-order chi connectivity index (χ0) is 19.5. The number of fused-ring (bicyclic) bond motifs is 5. The third kappa shape index (κ3) is 2.76. The summed E-state index contributed by atoms with van der Waals surface area (Å²) in [4.78, 5) is 13.5. The molecule has 150 valence electrons. The van der Waals surface area contributed by atoms with Gasteiger partial charge in [-0.1, -0.05) is 50.4 Å². The monoisotopic (exact) mass is 396 g/mol. The van der Waals surface area contributed by atoms with Gasteiger partial charge in [-0.05, 0) is 103 Å². The van der Waals surface area contributed by atoms with Crippen molar-refractivity contribution < 1.29 is 4.79 Å². The van der Waals surface area contributed by atoms with Crippen LogP contribution >= 0.6 is 11.6 Å². The van der Waals surface area contributed by atoms with Crippen LogP contribution in [0.2, 0.25) is 5.02 Å². The lowest BCUT2D eigenvalue weighted by molar-refractivity contribution is -0.137. The van der Waals surface area contributed by atoms with Gasteiger partial charge in [-0.2, -0.15) is 0 Å². The van der Waals surface area contributed by atoms with E-state index in [0.717, 1.165) is 46.8 Å². The number of benzene rings is 1.